The molecule has 3 aromatic rings. The standard InChI is InChI=1S/C19H19F2N5O2/c1-27-18-10-13(2-5-17(18)25-6-8-28-9-7-25)23-19-22-12-26(24-19)14-3-4-15(20)16(21)11-14/h2-5,10-12H,6-9H2,1H3,(H,23,24). The number of anilines is 3. The first kappa shape index (κ1) is 18.2. The van der Waals surface area contributed by atoms with Gasteiger partial charge in [-0.25, -0.2) is 13.5 Å². The molecule has 0 atom stereocenters. The van der Waals surface area contributed by atoms with Gasteiger partial charge in [-0.1, -0.05) is 0 Å². The molecule has 1 N–H and O–H groups in total. The van der Waals surface area contributed by atoms with E-state index in [1.54, 1.807) is 7.11 Å². The summed E-state index contributed by atoms with van der Waals surface area (Å²) in [7, 11) is 1.62. The van der Waals surface area contributed by atoms with Crippen LogP contribution in [-0.2, 0) is 4.74 Å². The highest BCUT2D eigenvalue weighted by molar-refractivity contribution is 5.67. The van der Waals surface area contributed by atoms with Gasteiger partial charge in [0, 0.05) is 30.9 Å². The van der Waals surface area contributed by atoms with Gasteiger partial charge in [-0.3, -0.25) is 0 Å². The van der Waals surface area contributed by atoms with Crippen LogP contribution in [0.4, 0.5) is 26.1 Å². The summed E-state index contributed by atoms with van der Waals surface area (Å²) in [6.45, 7) is 3.00. The van der Waals surface area contributed by atoms with Crippen LogP contribution >= 0.6 is 0 Å². The number of nitrogens with one attached hydrogen (secondary N) is 1. The Bertz CT molecular complexity index is 973. The molecule has 0 bridgehead atoms. The molecule has 146 valence electrons. The molecule has 0 unspecified atom stereocenters. The molecule has 0 amide bonds. The summed E-state index contributed by atoms with van der Waals surface area (Å²) >= 11 is 0. The third kappa shape index (κ3) is 3.74. The quantitative estimate of drug-likeness (QED) is 0.726. The molecule has 1 aromatic heterocycles. The molecule has 4 rings (SSSR count). The number of aromatic nitrogens is 3. The zero-order valence-electron chi connectivity index (χ0n) is 15.2. The van der Waals surface area contributed by atoms with Crippen molar-refractivity contribution in [3.63, 3.8) is 0 Å². The molecule has 1 saturated heterocycles. The molecule has 2 heterocycles. The Morgan fingerprint density at radius 3 is 2.64 bits per heavy atom. The summed E-state index contributed by atoms with van der Waals surface area (Å²) in [5, 5.41) is 7.34. The lowest BCUT2D eigenvalue weighted by atomic mass is 10.2. The van der Waals surface area contributed by atoms with Crippen molar-refractivity contribution in [2.45, 2.75) is 0 Å². The van der Waals surface area contributed by atoms with Crippen molar-refractivity contribution in [1.29, 1.82) is 0 Å². The maximum absolute atomic E-state index is 13.4. The first-order valence-corrected chi connectivity index (χ1v) is 8.79. The van der Waals surface area contributed by atoms with E-state index in [-0.39, 0.29) is 0 Å². The highest BCUT2D eigenvalue weighted by Gasteiger charge is 2.16. The van der Waals surface area contributed by atoms with E-state index in [9.17, 15) is 8.78 Å². The van der Waals surface area contributed by atoms with Crippen LogP contribution in [0.3, 0.4) is 0 Å². The summed E-state index contributed by atoms with van der Waals surface area (Å²) < 4.78 is 38.8. The summed E-state index contributed by atoms with van der Waals surface area (Å²) in [6, 6.07) is 9.28. The molecule has 0 aliphatic carbocycles. The lowest BCUT2D eigenvalue weighted by Crippen LogP contribution is -2.36. The fraction of sp³-hybridized carbons (Fsp3) is 0.263. The molecule has 0 radical (unpaired) electrons. The minimum Gasteiger partial charge on any atom is -0.495 e. The lowest BCUT2D eigenvalue weighted by molar-refractivity contribution is 0.122. The Kier molecular flexibility index (Phi) is 5.07. The average Bonchev–Trinajstić information content (AvgIpc) is 3.19. The number of halogens is 2. The van der Waals surface area contributed by atoms with Gasteiger partial charge in [0.2, 0.25) is 5.95 Å². The van der Waals surface area contributed by atoms with Crippen LogP contribution in [-0.4, -0.2) is 48.2 Å². The van der Waals surface area contributed by atoms with E-state index in [4.69, 9.17) is 9.47 Å². The van der Waals surface area contributed by atoms with Crippen LogP contribution in [0.1, 0.15) is 0 Å². The van der Waals surface area contributed by atoms with E-state index in [0.717, 1.165) is 42.3 Å². The number of nitrogens with zero attached hydrogens (tertiary/aromatic N) is 4. The number of rotatable bonds is 5. The Hall–Kier alpha value is -3.20. The van der Waals surface area contributed by atoms with Crippen molar-refractivity contribution in [2.24, 2.45) is 0 Å². The van der Waals surface area contributed by atoms with Crippen LogP contribution < -0.4 is 15.0 Å². The van der Waals surface area contributed by atoms with Crippen molar-refractivity contribution < 1.29 is 18.3 Å². The monoisotopic (exact) mass is 387 g/mol. The van der Waals surface area contributed by atoms with Crippen LogP contribution in [0, 0.1) is 11.6 Å². The van der Waals surface area contributed by atoms with Crippen LogP contribution in [0.2, 0.25) is 0 Å². The maximum Gasteiger partial charge on any atom is 0.246 e. The van der Waals surface area contributed by atoms with Gasteiger partial charge in [-0.2, -0.15) is 4.98 Å². The van der Waals surface area contributed by atoms with E-state index in [1.807, 2.05) is 18.2 Å². The minimum absolute atomic E-state index is 0.325. The minimum atomic E-state index is -0.939. The highest BCUT2D eigenvalue weighted by Crippen LogP contribution is 2.32. The zero-order valence-corrected chi connectivity index (χ0v) is 15.2. The molecule has 9 heteroatoms. The first-order valence-electron chi connectivity index (χ1n) is 8.79. The highest BCUT2D eigenvalue weighted by atomic mass is 19.2. The van der Waals surface area contributed by atoms with Gasteiger partial charge in [0.25, 0.3) is 0 Å². The van der Waals surface area contributed by atoms with E-state index in [2.05, 4.69) is 20.3 Å². The third-order valence-electron chi connectivity index (χ3n) is 4.45. The van der Waals surface area contributed by atoms with Gasteiger partial charge in [0.1, 0.15) is 12.1 Å². The van der Waals surface area contributed by atoms with Gasteiger partial charge in [-0.05, 0) is 24.3 Å². The van der Waals surface area contributed by atoms with Gasteiger partial charge in [0.15, 0.2) is 11.6 Å². The maximum atomic E-state index is 13.4. The smallest absolute Gasteiger partial charge is 0.246 e. The number of hydrogen-bond acceptors (Lipinski definition) is 6. The molecule has 1 aliphatic heterocycles. The predicted molar refractivity (Wildman–Crippen MR) is 101 cm³/mol. The number of ether oxygens (including phenoxy) is 2. The fourth-order valence-corrected chi connectivity index (χ4v) is 3.02. The van der Waals surface area contributed by atoms with Crippen molar-refractivity contribution in [3.8, 4) is 11.4 Å². The summed E-state index contributed by atoms with van der Waals surface area (Å²) in [4.78, 5) is 6.37. The second-order valence-corrected chi connectivity index (χ2v) is 6.22. The first-order chi connectivity index (χ1) is 13.6. The molecule has 7 nitrogen and oxygen atoms in total. The molecule has 0 saturated carbocycles. The summed E-state index contributed by atoms with van der Waals surface area (Å²) in [5.41, 5.74) is 2.12. The predicted octanol–water partition coefficient (Wildman–Crippen LogP) is 3.13. The molecular formula is C19H19F2N5O2. The van der Waals surface area contributed by atoms with Gasteiger partial charge < -0.3 is 19.7 Å². The molecule has 1 aliphatic rings. The van der Waals surface area contributed by atoms with Crippen molar-refractivity contribution >= 4 is 17.3 Å². The Morgan fingerprint density at radius 2 is 1.89 bits per heavy atom. The van der Waals surface area contributed by atoms with E-state index in [1.165, 1.54) is 17.1 Å². The molecule has 1 fully saturated rings. The SMILES string of the molecule is COc1cc(Nc2ncn(-c3ccc(F)c(F)c3)n2)ccc1N1CCOCC1. The number of benzene rings is 2. The molecular weight excluding hydrogens is 368 g/mol. The van der Waals surface area contributed by atoms with Crippen molar-refractivity contribution in [2.75, 3.05) is 43.6 Å². The molecule has 2 aromatic carbocycles. The number of hydrogen-bond donors (Lipinski definition) is 1. The number of morpholine rings is 1. The second kappa shape index (κ2) is 7.81. The summed E-state index contributed by atoms with van der Waals surface area (Å²) in [5.74, 6) is -0.793. The van der Waals surface area contributed by atoms with Crippen LogP contribution in [0.25, 0.3) is 5.69 Å². The van der Waals surface area contributed by atoms with Crippen molar-refractivity contribution in [3.05, 3.63) is 54.4 Å². The van der Waals surface area contributed by atoms with E-state index in [0.29, 0.717) is 24.8 Å². The zero-order chi connectivity index (χ0) is 19.5. The Labute approximate surface area is 160 Å². The lowest BCUT2D eigenvalue weighted by Gasteiger charge is -2.30. The van der Waals surface area contributed by atoms with Gasteiger partial charge in [0.05, 0.1) is 31.7 Å². The summed E-state index contributed by atoms with van der Waals surface area (Å²) in [6.07, 6.45) is 1.42. The van der Waals surface area contributed by atoms with Gasteiger partial charge in [-0.15, -0.1) is 5.10 Å². The molecule has 0 spiro atoms. The van der Waals surface area contributed by atoms with Crippen LogP contribution in [0.15, 0.2) is 42.7 Å². The second-order valence-electron chi connectivity index (χ2n) is 6.22. The normalized spacial score (nSPS) is 14.2. The number of methoxy groups -OCH3 is 1. The third-order valence-corrected chi connectivity index (χ3v) is 4.45. The Balaban J connectivity index is 1.52. The van der Waals surface area contributed by atoms with Crippen LogP contribution in [0.5, 0.6) is 5.75 Å². The van der Waals surface area contributed by atoms with Crippen molar-refractivity contribution in [1.82, 2.24) is 14.8 Å². The molecule has 28 heavy (non-hydrogen) atoms. The Morgan fingerprint density at radius 1 is 1.07 bits per heavy atom. The van der Waals surface area contributed by atoms with E-state index >= 15 is 0 Å². The van der Waals surface area contributed by atoms with Gasteiger partial charge >= 0.3 is 0 Å². The topological polar surface area (TPSA) is 64.4 Å². The largest absolute Gasteiger partial charge is 0.495 e. The van der Waals surface area contributed by atoms with E-state index < -0.39 is 11.6 Å². The fourth-order valence-electron chi connectivity index (χ4n) is 3.02. The average molecular weight is 387 g/mol.